The molecule has 1 aromatic rings. The third-order valence-corrected chi connectivity index (χ3v) is 4.50. The van der Waals surface area contributed by atoms with E-state index in [1.807, 2.05) is 39.0 Å². The van der Waals surface area contributed by atoms with Gasteiger partial charge in [-0.05, 0) is 74.5 Å². The average molecular weight is 384 g/mol. The number of hydrogen-bond acceptors (Lipinski definition) is 4. The smallest absolute Gasteiger partial charge is 0.407 e. The first-order valence-electron chi connectivity index (χ1n) is 8.04. The number of nitrogens with one attached hydrogen (secondary N) is 2. The summed E-state index contributed by atoms with van der Waals surface area (Å²) in [5.74, 6) is 0. The summed E-state index contributed by atoms with van der Waals surface area (Å²) in [5, 5.41) is 6.47. The fraction of sp³-hybridized carbons (Fsp3) is 0.588. The number of rotatable bonds is 3. The Morgan fingerprint density at radius 3 is 2.70 bits per heavy atom. The number of para-hydroxylation sites is 1. The number of nitrogen functional groups attached to an aromatic ring is 1. The highest BCUT2D eigenvalue weighted by molar-refractivity contribution is 9.10. The van der Waals surface area contributed by atoms with Crippen molar-refractivity contribution in [3.05, 3.63) is 22.7 Å². The molecule has 1 amide bonds. The van der Waals surface area contributed by atoms with E-state index >= 15 is 0 Å². The molecule has 1 aliphatic carbocycles. The molecular weight excluding hydrogens is 358 g/mol. The Balaban J connectivity index is 1.91. The van der Waals surface area contributed by atoms with E-state index < -0.39 is 5.60 Å². The molecule has 4 N–H and O–H groups in total. The molecule has 0 radical (unpaired) electrons. The van der Waals surface area contributed by atoms with Crippen LogP contribution in [-0.2, 0) is 4.74 Å². The molecule has 1 fully saturated rings. The summed E-state index contributed by atoms with van der Waals surface area (Å²) in [4.78, 5) is 11.9. The summed E-state index contributed by atoms with van der Waals surface area (Å²) in [7, 11) is 0. The van der Waals surface area contributed by atoms with Crippen LogP contribution >= 0.6 is 15.9 Å². The van der Waals surface area contributed by atoms with Gasteiger partial charge in [0.25, 0.3) is 0 Å². The molecule has 0 heterocycles. The van der Waals surface area contributed by atoms with E-state index in [0.717, 1.165) is 41.5 Å². The number of nitrogens with two attached hydrogens (primary N) is 1. The number of halogens is 1. The molecule has 0 unspecified atom stereocenters. The van der Waals surface area contributed by atoms with Gasteiger partial charge in [-0.3, -0.25) is 0 Å². The normalized spacial score (nSPS) is 21.6. The topological polar surface area (TPSA) is 76.4 Å². The molecule has 2 rings (SSSR count). The van der Waals surface area contributed by atoms with E-state index in [9.17, 15) is 4.79 Å². The zero-order chi connectivity index (χ0) is 17.0. The van der Waals surface area contributed by atoms with E-state index in [-0.39, 0.29) is 12.1 Å². The summed E-state index contributed by atoms with van der Waals surface area (Å²) in [6.07, 6.45) is 3.63. The summed E-state index contributed by atoms with van der Waals surface area (Å²) in [5.41, 5.74) is 7.26. The van der Waals surface area contributed by atoms with Crippen molar-refractivity contribution in [3.63, 3.8) is 0 Å². The quantitative estimate of drug-likeness (QED) is 0.680. The molecule has 0 spiro atoms. The predicted octanol–water partition coefficient (Wildman–Crippen LogP) is 4.28. The summed E-state index contributed by atoms with van der Waals surface area (Å²) < 4.78 is 6.22. The maximum atomic E-state index is 11.9. The van der Waals surface area contributed by atoms with Gasteiger partial charge in [0.05, 0.1) is 11.4 Å². The fourth-order valence-electron chi connectivity index (χ4n) is 2.81. The second kappa shape index (κ2) is 7.43. The van der Waals surface area contributed by atoms with Crippen LogP contribution in [0.25, 0.3) is 0 Å². The van der Waals surface area contributed by atoms with Gasteiger partial charge in [-0.15, -0.1) is 0 Å². The van der Waals surface area contributed by atoms with Crippen LogP contribution in [-0.4, -0.2) is 23.8 Å². The Morgan fingerprint density at radius 2 is 2.00 bits per heavy atom. The SMILES string of the molecule is CC(C)(C)OC(=O)N[C@@H]1CCC[C@H](Nc2cccc(Br)c2N)C1. The maximum absolute atomic E-state index is 11.9. The lowest BCUT2D eigenvalue weighted by atomic mass is 9.91. The van der Waals surface area contributed by atoms with Crippen LogP contribution in [0, 0.1) is 0 Å². The first kappa shape index (κ1) is 17.9. The highest BCUT2D eigenvalue weighted by atomic mass is 79.9. The Kier molecular flexibility index (Phi) is 5.79. The number of alkyl carbamates (subject to hydrolysis) is 1. The molecule has 5 nitrogen and oxygen atoms in total. The molecule has 0 aromatic heterocycles. The summed E-state index contributed by atoms with van der Waals surface area (Å²) >= 11 is 3.44. The lowest BCUT2D eigenvalue weighted by Gasteiger charge is -2.32. The second-order valence-corrected chi connectivity index (χ2v) is 7.91. The van der Waals surface area contributed by atoms with Crippen molar-refractivity contribution in [1.82, 2.24) is 5.32 Å². The lowest BCUT2D eigenvalue weighted by Crippen LogP contribution is -2.43. The van der Waals surface area contributed by atoms with Crippen LogP contribution in [0.1, 0.15) is 46.5 Å². The standard InChI is InChI=1S/C17H26BrN3O2/c1-17(2,3)23-16(22)21-12-7-4-6-11(10-12)20-14-9-5-8-13(18)15(14)19/h5,8-9,11-12,20H,4,6-7,10,19H2,1-3H3,(H,21,22)/t11-,12+/m0/s1. The van der Waals surface area contributed by atoms with Crippen LogP contribution in [0.3, 0.4) is 0 Å². The average Bonchev–Trinajstić information content (AvgIpc) is 2.42. The number of amides is 1. The van der Waals surface area contributed by atoms with Gasteiger partial charge < -0.3 is 21.1 Å². The Hall–Kier alpha value is -1.43. The maximum Gasteiger partial charge on any atom is 0.407 e. The van der Waals surface area contributed by atoms with E-state index in [4.69, 9.17) is 10.5 Å². The number of ether oxygens (including phenoxy) is 1. The molecule has 23 heavy (non-hydrogen) atoms. The van der Waals surface area contributed by atoms with E-state index in [2.05, 4.69) is 26.6 Å². The molecule has 128 valence electrons. The minimum absolute atomic E-state index is 0.129. The van der Waals surface area contributed by atoms with E-state index in [1.165, 1.54) is 0 Å². The third kappa shape index (κ3) is 5.61. The summed E-state index contributed by atoms with van der Waals surface area (Å²) in [6, 6.07) is 6.28. The monoisotopic (exact) mass is 383 g/mol. The first-order valence-corrected chi connectivity index (χ1v) is 8.84. The largest absolute Gasteiger partial charge is 0.444 e. The van der Waals surface area contributed by atoms with Gasteiger partial charge in [0.1, 0.15) is 5.60 Å². The first-order chi connectivity index (χ1) is 10.7. The molecule has 1 aliphatic rings. The highest BCUT2D eigenvalue weighted by Crippen LogP contribution is 2.30. The van der Waals surface area contributed by atoms with Crippen molar-refractivity contribution in [2.75, 3.05) is 11.1 Å². The van der Waals surface area contributed by atoms with Gasteiger partial charge in [0, 0.05) is 16.6 Å². The van der Waals surface area contributed by atoms with Crippen molar-refractivity contribution in [1.29, 1.82) is 0 Å². The van der Waals surface area contributed by atoms with Gasteiger partial charge in [-0.1, -0.05) is 6.07 Å². The molecular formula is C17H26BrN3O2. The highest BCUT2D eigenvalue weighted by Gasteiger charge is 2.25. The number of anilines is 2. The predicted molar refractivity (Wildman–Crippen MR) is 97.6 cm³/mol. The number of carbonyl (C=O) groups excluding carboxylic acids is 1. The van der Waals surface area contributed by atoms with Crippen molar-refractivity contribution >= 4 is 33.4 Å². The molecule has 1 aromatic carbocycles. The number of carbonyl (C=O) groups is 1. The van der Waals surface area contributed by atoms with Gasteiger partial charge in [-0.2, -0.15) is 0 Å². The minimum Gasteiger partial charge on any atom is -0.444 e. The van der Waals surface area contributed by atoms with Crippen LogP contribution in [0.2, 0.25) is 0 Å². The molecule has 0 aliphatic heterocycles. The number of hydrogen-bond donors (Lipinski definition) is 3. The fourth-order valence-corrected chi connectivity index (χ4v) is 3.18. The lowest BCUT2D eigenvalue weighted by molar-refractivity contribution is 0.0492. The van der Waals surface area contributed by atoms with Crippen molar-refractivity contribution in [3.8, 4) is 0 Å². The zero-order valence-corrected chi connectivity index (χ0v) is 15.6. The third-order valence-electron chi connectivity index (χ3n) is 3.81. The molecule has 0 bridgehead atoms. The van der Waals surface area contributed by atoms with Gasteiger partial charge in [0.2, 0.25) is 0 Å². The Labute approximate surface area is 146 Å². The Morgan fingerprint density at radius 1 is 1.30 bits per heavy atom. The van der Waals surface area contributed by atoms with Crippen molar-refractivity contribution < 1.29 is 9.53 Å². The van der Waals surface area contributed by atoms with Crippen LogP contribution < -0.4 is 16.4 Å². The molecule has 1 saturated carbocycles. The van der Waals surface area contributed by atoms with Gasteiger partial charge in [-0.25, -0.2) is 4.79 Å². The van der Waals surface area contributed by atoms with Gasteiger partial charge >= 0.3 is 6.09 Å². The van der Waals surface area contributed by atoms with Crippen molar-refractivity contribution in [2.24, 2.45) is 0 Å². The Bertz CT molecular complexity index is 557. The number of benzene rings is 1. The van der Waals surface area contributed by atoms with Crippen LogP contribution in [0.15, 0.2) is 22.7 Å². The summed E-state index contributed by atoms with van der Waals surface area (Å²) in [6.45, 7) is 5.61. The zero-order valence-electron chi connectivity index (χ0n) is 14.0. The second-order valence-electron chi connectivity index (χ2n) is 7.05. The van der Waals surface area contributed by atoms with Crippen LogP contribution in [0.5, 0.6) is 0 Å². The van der Waals surface area contributed by atoms with E-state index in [1.54, 1.807) is 0 Å². The van der Waals surface area contributed by atoms with Gasteiger partial charge in [0.15, 0.2) is 0 Å². The van der Waals surface area contributed by atoms with Crippen molar-refractivity contribution in [2.45, 2.75) is 64.1 Å². The minimum atomic E-state index is -0.471. The molecule has 2 atom stereocenters. The molecule has 6 heteroatoms. The van der Waals surface area contributed by atoms with Crippen LogP contribution in [0.4, 0.5) is 16.2 Å². The van der Waals surface area contributed by atoms with E-state index in [0.29, 0.717) is 6.04 Å². The molecule has 0 saturated heterocycles.